The number of hydrogen-bond donors (Lipinski definition) is 2. The fraction of sp³-hybridized carbons (Fsp3) is 0.846. The minimum atomic E-state index is -0.0523. The van der Waals surface area contributed by atoms with Crippen molar-refractivity contribution in [3.63, 3.8) is 0 Å². The van der Waals surface area contributed by atoms with Crippen LogP contribution in [0.2, 0.25) is 0 Å². The molecule has 2 aliphatic rings. The molecule has 2 rings (SSSR count). The van der Waals surface area contributed by atoms with Crippen molar-refractivity contribution in [1.29, 1.82) is 0 Å². The maximum atomic E-state index is 12.0. The first kappa shape index (κ1) is 14.3. The zero-order valence-electron chi connectivity index (χ0n) is 11.8. The number of hydrogen-bond acceptors (Lipinski definition) is 4. The van der Waals surface area contributed by atoms with Crippen LogP contribution in [-0.4, -0.2) is 74.0 Å². The van der Waals surface area contributed by atoms with Crippen LogP contribution in [0.25, 0.3) is 0 Å². The Morgan fingerprint density at radius 3 is 2.53 bits per heavy atom. The summed E-state index contributed by atoms with van der Waals surface area (Å²) in [7, 11) is 3.66. The first-order chi connectivity index (χ1) is 9.06. The van der Waals surface area contributed by atoms with Crippen molar-refractivity contribution in [1.82, 2.24) is 20.4 Å². The van der Waals surface area contributed by atoms with Gasteiger partial charge in [-0.05, 0) is 32.9 Å². The van der Waals surface area contributed by atoms with Gasteiger partial charge < -0.3 is 15.5 Å². The van der Waals surface area contributed by atoms with Gasteiger partial charge in [0.25, 0.3) is 0 Å². The molecule has 1 saturated heterocycles. The van der Waals surface area contributed by atoms with Gasteiger partial charge >= 0.3 is 0 Å². The van der Waals surface area contributed by atoms with Crippen molar-refractivity contribution in [2.45, 2.75) is 31.3 Å². The summed E-state index contributed by atoms with van der Waals surface area (Å²) in [6.07, 6.45) is 3.22. The van der Waals surface area contributed by atoms with Crippen LogP contribution in [0.1, 0.15) is 19.3 Å². The number of carbonyl (C=O) groups is 2. The molecule has 0 aromatic heterocycles. The maximum Gasteiger partial charge on any atom is 0.239 e. The van der Waals surface area contributed by atoms with Gasteiger partial charge in [0, 0.05) is 25.7 Å². The van der Waals surface area contributed by atoms with E-state index in [4.69, 9.17) is 0 Å². The number of carbonyl (C=O) groups excluding carboxylic acids is 2. The van der Waals surface area contributed by atoms with E-state index >= 15 is 0 Å². The first-order valence-corrected chi connectivity index (χ1v) is 7.00. The van der Waals surface area contributed by atoms with E-state index < -0.39 is 0 Å². The Labute approximate surface area is 114 Å². The molecule has 19 heavy (non-hydrogen) atoms. The SMILES string of the molecule is CN(CC(=O)NC1CC1)C(=O)CN(C)C1CCNC1. The molecule has 0 bridgehead atoms. The lowest BCUT2D eigenvalue weighted by Crippen LogP contribution is -2.45. The first-order valence-electron chi connectivity index (χ1n) is 7.00. The van der Waals surface area contributed by atoms with Gasteiger partial charge in [-0.2, -0.15) is 0 Å². The predicted molar refractivity (Wildman–Crippen MR) is 72.7 cm³/mol. The Hall–Kier alpha value is -1.14. The molecule has 6 nitrogen and oxygen atoms in total. The smallest absolute Gasteiger partial charge is 0.239 e. The molecule has 0 aromatic rings. The zero-order valence-corrected chi connectivity index (χ0v) is 11.8. The monoisotopic (exact) mass is 268 g/mol. The Bertz CT molecular complexity index is 338. The molecular formula is C13H24N4O2. The fourth-order valence-electron chi connectivity index (χ4n) is 2.28. The van der Waals surface area contributed by atoms with Crippen LogP contribution in [0, 0.1) is 0 Å². The minimum Gasteiger partial charge on any atom is -0.352 e. The average Bonchev–Trinajstić information content (AvgIpc) is 2.98. The van der Waals surface area contributed by atoms with Gasteiger partial charge in [0.1, 0.15) is 0 Å². The molecule has 2 amide bonds. The number of rotatable bonds is 6. The van der Waals surface area contributed by atoms with Gasteiger partial charge in [0.05, 0.1) is 13.1 Å². The van der Waals surface area contributed by atoms with Crippen molar-refractivity contribution in [2.75, 3.05) is 40.3 Å². The van der Waals surface area contributed by atoms with Gasteiger partial charge in [-0.1, -0.05) is 0 Å². The Morgan fingerprint density at radius 2 is 1.95 bits per heavy atom. The topological polar surface area (TPSA) is 64.7 Å². The van der Waals surface area contributed by atoms with E-state index in [1.807, 2.05) is 7.05 Å². The maximum absolute atomic E-state index is 12.0. The molecule has 2 fully saturated rings. The molecule has 1 unspecified atom stereocenters. The molecule has 1 heterocycles. The summed E-state index contributed by atoms with van der Waals surface area (Å²) in [4.78, 5) is 27.2. The summed E-state index contributed by atoms with van der Waals surface area (Å²) >= 11 is 0. The third-order valence-electron chi connectivity index (χ3n) is 3.79. The minimum absolute atomic E-state index is 0.000321. The van der Waals surface area contributed by atoms with Crippen molar-refractivity contribution in [3.05, 3.63) is 0 Å². The summed E-state index contributed by atoms with van der Waals surface area (Å²) in [5.74, 6) is -0.0520. The summed E-state index contributed by atoms with van der Waals surface area (Å²) in [6.45, 7) is 2.49. The van der Waals surface area contributed by atoms with Crippen LogP contribution < -0.4 is 10.6 Å². The average molecular weight is 268 g/mol. The number of amides is 2. The second-order valence-corrected chi connectivity index (χ2v) is 5.65. The van der Waals surface area contributed by atoms with Crippen LogP contribution in [-0.2, 0) is 9.59 Å². The third kappa shape index (κ3) is 4.47. The van der Waals surface area contributed by atoms with Gasteiger partial charge in [0.2, 0.25) is 11.8 Å². The lowest BCUT2D eigenvalue weighted by atomic mass is 10.2. The quantitative estimate of drug-likeness (QED) is 0.650. The standard InChI is InChI=1S/C13H24N4O2/c1-16(11-5-6-14-7-11)9-13(19)17(2)8-12(18)15-10-3-4-10/h10-11,14H,3-9H2,1-2H3,(H,15,18). The van der Waals surface area contributed by atoms with Crippen LogP contribution in [0.3, 0.4) is 0 Å². The summed E-state index contributed by atoms with van der Waals surface area (Å²) in [5.41, 5.74) is 0. The summed E-state index contributed by atoms with van der Waals surface area (Å²) in [6, 6.07) is 0.779. The molecule has 0 aromatic carbocycles. The fourth-order valence-corrected chi connectivity index (χ4v) is 2.28. The van der Waals surface area contributed by atoms with E-state index in [1.165, 1.54) is 4.90 Å². The lowest BCUT2D eigenvalue weighted by molar-refractivity contribution is -0.135. The number of nitrogens with zero attached hydrogens (tertiary/aromatic N) is 2. The van der Waals surface area contributed by atoms with Gasteiger partial charge in [-0.3, -0.25) is 14.5 Å². The van der Waals surface area contributed by atoms with Gasteiger partial charge in [0.15, 0.2) is 0 Å². The highest BCUT2D eigenvalue weighted by Crippen LogP contribution is 2.18. The largest absolute Gasteiger partial charge is 0.352 e. The van der Waals surface area contributed by atoms with Crippen LogP contribution in [0.15, 0.2) is 0 Å². The Balaban J connectivity index is 1.69. The molecule has 1 saturated carbocycles. The highest BCUT2D eigenvalue weighted by Gasteiger charge is 2.25. The molecule has 0 radical (unpaired) electrons. The van der Waals surface area contributed by atoms with Crippen LogP contribution in [0.4, 0.5) is 0 Å². The molecule has 1 atom stereocenters. The normalized spacial score (nSPS) is 22.6. The molecule has 6 heteroatoms. The number of nitrogens with one attached hydrogen (secondary N) is 2. The predicted octanol–water partition coefficient (Wildman–Crippen LogP) is -0.983. The van der Waals surface area contributed by atoms with Crippen LogP contribution in [0.5, 0.6) is 0 Å². The van der Waals surface area contributed by atoms with Crippen molar-refractivity contribution in [2.24, 2.45) is 0 Å². The van der Waals surface area contributed by atoms with E-state index in [9.17, 15) is 9.59 Å². The van der Waals surface area contributed by atoms with Crippen molar-refractivity contribution in [3.8, 4) is 0 Å². The molecule has 2 N–H and O–H groups in total. The number of likely N-dealkylation sites (N-methyl/N-ethyl adjacent to an activating group) is 2. The van der Waals surface area contributed by atoms with Crippen molar-refractivity contribution < 1.29 is 9.59 Å². The molecule has 1 aliphatic heterocycles. The highest BCUT2D eigenvalue weighted by atomic mass is 16.2. The second-order valence-electron chi connectivity index (χ2n) is 5.65. The molecule has 0 spiro atoms. The van der Waals surface area contributed by atoms with E-state index in [2.05, 4.69) is 15.5 Å². The van der Waals surface area contributed by atoms with Crippen LogP contribution >= 0.6 is 0 Å². The van der Waals surface area contributed by atoms with Gasteiger partial charge in [-0.25, -0.2) is 0 Å². The second kappa shape index (κ2) is 6.34. The third-order valence-corrected chi connectivity index (χ3v) is 3.79. The van der Waals surface area contributed by atoms with E-state index in [1.54, 1.807) is 7.05 Å². The van der Waals surface area contributed by atoms with E-state index in [0.717, 1.165) is 32.4 Å². The molecular weight excluding hydrogens is 244 g/mol. The summed E-state index contributed by atoms with van der Waals surface area (Å²) in [5, 5.41) is 6.18. The lowest BCUT2D eigenvalue weighted by Gasteiger charge is -2.25. The Kier molecular flexibility index (Phi) is 4.76. The van der Waals surface area contributed by atoms with Gasteiger partial charge in [-0.15, -0.1) is 0 Å². The highest BCUT2D eigenvalue weighted by molar-refractivity contribution is 5.85. The zero-order chi connectivity index (χ0) is 13.8. The van der Waals surface area contributed by atoms with E-state index in [0.29, 0.717) is 18.6 Å². The summed E-state index contributed by atoms with van der Waals surface area (Å²) < 4.78 is 0. The molecule has 1 aliphatic carbocycles. The van der Waals surface area contributed by atoms with Crippen molar-refractivity contribution >= 4 is 11.8 Å². The molecule has 108 valence electrons. The Morgan fingerprint density at radius 1 is 1.21 bits per heavy atom. The van der Waals surface area contributed by atoms with E-state index in [-0.39, 0.29) is 18.4 Å².